The second-order valence-corrected chi connectivity index (χ2v) is 11.1. The van der Waals surface area contributed by atoms with Crippen LogP contribution in [0.25, 0.3) is 0 Å². The Morgan fingerprint density at radius 2 is 1.71 bits per heavy atom. The van der Waals surface area contributed by atoms with Crippen LogP contribution in [0.5, 0.6) is 0 Å². The Balaban J connectivity index is 2.14. The monoisotopic (exact) mass is 429 g/mol. The van der Waals surface area contributed by atoms with Gasteiger partial charge in [0, 0.05) is 23.2 Å². The summed E-state index contributed by atoms with van der Waals surface area (Å²) < 4.78 is 27.8. The molecule has 2 N–H and O–H groups in total. The molecule has 1 aromatic carbocycles. The SMILES string of the molecule is CC(C)(C)NS(=O)(=O)c1cc(C(=O)NCC(C)(C)N2CCCCC2)ccc1Cl. The summed E-state index contributed by atoms with van der Waals surface area (Å²) in [6.07, 6.45) is 3.61. The average Bonchev–Trinajstić information content (AvgIpc) is 2.58. The normalized spacial score (nSPS) is 16.8. The summed E-state index contributed by atoms with van der Waals surface area (Å²) in [6.45, 7) is 12.0. The van der Waals surface area contributed by atoms with E-state index in [2.05, 4.69) is 28.8 Å². The van der Waals surface area contributed by atoms with Crippen molar-refractivity contribution >= 4 is 27.5 Å². The number of carbonyl (C=O) groups is 1. The van der Waals surface area contributed by atoms with E-state index in [1.807, 2.05) is 0 Å². The molecule has 0 saturated carbocycles. The largest absolute Gasteiger partial charge is 0.350 e. The Morgan fingerprint density at radius 1 is 1.11 bits per heavy atom. The van der Waals surface area contributed by atoms with Gasteiger partial charge in [0.1, 0.15) is 4.90 Å². The molecule has 1 aliphatic heterocycles. The Bertz CT molecular complexity index is 810. The van der Waals surface area contributed by atoms with Crippen LogP contribution in [0.2, 0.25) is 5.02 Å². The van der Waals surface area contributed by atoms with Crippen LogP contribution >= 0.6 is 11.6 Å². The van der Waals surface area contributed by atoms with Gasteiger partial charge in [0.2, 0.25) is 10.0 Å². The molecule has 0 spiro atoms. The molecule has 1 heterocycles. The summed E-state index contributed by atoms with van der Waals surface area (Å²) in [5.74, 6) is -0.311. The molecule has 0 bridgehead atoms. The molecular formula is C20H32ClN3O3S. The lowest BCUT2D eigenvalue weighted by atomic mass is 9.98. The summed E-state index contributed by atoms with van der Waals surface area (Å²) >= 11 is 6.11. The van der Waals surface area contributed by atoms with Crippen molar-refractivity contribution in [1.82, 2.24) is 14.9 Å². The number of likely N-dealkylation sites (tertiary alicyclic amines) is 1. The maximum Gasteiger partial charge on any atom is 0.251 e. The third-order valence-corrected chi connectivity index (χ3v) is 7.06. The van der Waals surface area contributed by atoms with Crippen molar-refractivity contribution in [2.75, 3.05) is 19.6 Å². The zero-order chi connectivity index (χ0) is 21.2. The molecule has 1 aromatic rings. The number of benzene rings is 1. The standard InChI is InChI=1S/C20H32ClN3O3S/c1-19(2,3)23-28(26,27)17-13-15(9-10-16(17)21)18(25)22-14-20(4,5)24-11-7-6-8-12-24/h9-10,13,23H,6-8,11-12,14H2,1-5H3,(H,22,25). The second kappa shape index (κ2) is 8.69. The van der Waals surface area contributed by atoms with Crippen LogP contribution in [-0.4, -0.2) is 49.9 Å². The van der Waals surface area contributed by atoms with E-state index in [4.69, 9.17) is 11.6 Å². The second-order valence-electron chi connectivity index (χ2n) is 9.04. The number of halogens is 1. The van der Waals surface area contributed by atoms with Gasteiger partial charge in [-0.2, -0.15) is 0 Å². The van der Waals surface area contributed by atoms with E-state index in [0.29, 0.717) is 6.54 Å². The number of carbonyl (C=O) groups excluding carboxylic acids is 1. The number of hydrogen-bond donors (Lipinski definition) is 2. The van der Waals surface area contributed by atoms with Gasteiger partial charge in [-0.15, -0.1) is 0 Å². The number of piperidine rings is 1. The Labute approximate surface area is 174 Å². The summed E-state index contributed by atoms with van der Waals surface area (Å²) in [5, 5.41) is 3.03. The van der Waals surface area contributed by atoms with Crippen LogP contribution in [-0.2, 0) is 10.0 Å². The van der Waals surface area contributed by atoms with Gasteiger partial charge in [0.05, 0.1) is 5.02 Å². The van der Waals surface area contributed by atoms with E-state index in [1.54, 1.807) is 26.8 Å². The van der Waals surface area contributed by atoms with Crippen molar-refractivity contribution in [1.29, 1.82) is 0 Å². The summed E-state index contributed by atoms with van der Waals surface area (Å²) in [5.41, 5.74) is -0.544. The molecule has 0 aromatic heterocycles. The fourth-order valence-corrected chi connectivity index (χ4v) is 5.26. The van der Waals surface area contributed by atoms with Gasteiger partial charge >= 0.3 is 0 Å². The fraction of sp³-hybridized carbons (Fsp3) is 0.650. The topological polar surface area (TPSA) is 78.5 Å². The minimum Gasteiger partial charge on any atom is -0.350 e. The van der Waals surface area contributed by atoms with Gasteiger partial charge in [-0.05, 0) is 78.7 Å². The van der Waals surface area contributed by atoms with Crippen molar-refractivity contribution in [2.24, 2.45) is 0 Å². The molecule has 0 unspecified atom stereocenters. The first-order valence-corrected chi connectivity index (χ1v) is 11.5. The van der Waals surface area contributed by atoms with E-state index in [0.717, 1.165) is 13.1 Å². The highest BCUT2D eigenvalue weighted by Crippen LogP contribution is 2.24. The zero-order valence-electron chi connectivity index (χ0n) is 17.4. The number of sulfonamides is 1. The minimum absolute atomic E-state index is 0.0851. The predicted octanol–water partition coefficient (Wildman–Crippen LogP) is 3.41. The molecule has 6 nitrogen and oxygen atoms in total. The Morgan fingerprint density at radius 3 is 2.29 bits per heavy atom. The lowest BCUT2D eigenvalue weighted by Crippen LogP contribution is -2.53. The summed E-state index contributed by atoms with van der Waals surface area (Å²) in [4.78, 5) is 15.0. The fourth-order valence-electron chi connectivity index (χ4n) is 3.32. The van der Waals surface area contributed by atoms with Gasteiger partial charge in [0.15, 0.2) is 0 Å². The highest BCUT2D eigenvalue weighted by Gasteiger charge is 2.29. The van der Waals surface area contributed by atoms with E-state index in [1.165, 1.54) is 31.4 Å². The molecular weight excluding hydrogens is 398 g/mol. The van der Waals surface area contributed by atoms with Crippen LogP contribution < -0.4 is 10.0 Å². The third-order valence-electron chi connectivity index (χ3n) is 4.82. The molecule has 1 fully saturated rings. The lowest BCUT2D eigenvalue weighted by Gasteiger charge is -2.41. The van der Waals surface area contributed by atoms with Gasteiger partial charge in [-0.1, -0.05) is 18.0 Å². The van der Waals surface area contributed by atoms with Gasteiger partial charge in [-0.25, -0.2) is 13.1 Å². The number of hydrogen-bond acceptors (Lipinski definition) is 4. The molecule has 2 rings (SSSR count). The molecule has 158 valence electrons. The molecule has 28 heavy (non-hydrogen) atoms. The first kappa shape index (κ1) is 23.1. The quantitative estimate of drug-likeness (QED) is 0.726. The van der Waals surface area contributed by atoms with Crippen molar-refractivity contribution < 1.29 is 13.2 Å². The predicted molar refractivity (Wildman–Crippen MR) is 113 cm³/mol. The van der Waals surface area contributed by atoms with E-state index in [-0.39, 0.29) is 26.9 Å². The van der Waals surface area contributed by atoms with Gasteiger partial charge in [-0.3, -0.25) is 9.69 Å². The number of nitrogens with zero attached hydrogens (tertiary/aromatic N) is 1. The van der Waals surface area contributed by atoms with Crippen LogP contribution in [0.15, 0.2) is 23.1 Å². The van der Waals surface area contributed by atoms with Crippen molar-refractivity contribution in [3.63, 3.8) is 0 Å². The molecule has 8 heteroatoms. The van der Waals surface area contributed by atoms with E-state index < -0.39 is 15.6 Å². The van der Waals surface area contributed by atoms with E-state index in [9.17, 15) is 13.2 Å². The highest BCUT2D eigenvalue weighted by molar-refractivity contribution is 7.89. The van der Waals surface area contributed by atoms with Crippen LogP contribution in [0, 0.1) is 0 Å². The zero-order valence-corrected chi connectivity index (χ0v) is 19.0. The Hall–Kier alpha value is -1.15. The third kappa shape index (κ3) is 6.17. The smallest absolute Gasteiger partial charge is 0.251 e. The first-order valence-electron chi connectivity index (χ1n) is 9.69. The molecule has 0 radical (unpaired) electrons. The average molecular weight is 430 g/mol. The maximum absolute atomic E-state index is 12.7. The van der Waals surface area contributed by atoms with Crippen LogP contribution in [0.1, 0.15) is 64.2 Å². The number of amides is 1. The molecule has 0 aliphatic carbocycles. The van der Waals surface area contributed by atoms with Crippen LogP contribution in [0.4, 0.5) is 0 Å². The molecule has 1 saturated heterocycles. The van der Waals surface area contributed by atoms with E-state index >= 15 is 0 Å². The molecule has 1 amide bonds. The number of rotatable bonds is 6. The maximum atomic E-state index is 12.7. The molecule has 1 aliphatic rings. The van der Waals surface area contributed by atoms with Crippen molar-refractivity contribution in [3.05, 3.63) is 28.8 Å². The van der Waals surface area contributed by atoms with Crippen molar-refractivity contribution in [2.45, 2.75) is 69.9 Å². The number of nitrogens with one attached hydrogen (secondary N) is 2. The first-order chi connectivity index (χ1) is 12.8. The summed E-state index contributed by atoms with van der Waals surface area (Å²) in [6, 6.07) is 4.32. The summed E-state index contributed by atoms with van der Waals surface area (Å²) in [7, 11) is -3.84. The minimum atomic E-state index is -3.84. The Kier molecular flexibility index (Phi) is 7.18. The van der Waals surface area contributed by atoms with Crippen LogP contribution in [0.3, 0.4) is 0 Å². The van der Waals surface area contributed by atoms with Gasteiger partial charge in [0.25, 0.3) is 5.91 Å². The lowest BCUT2D eigenvalue weighted by molar-refractivity contribution is 0.0797. The highest BCUT2D eigenvalue weighted by atomic mass is 35.5. The van der Waals surface area contributed by atoms with Crippen molar-refractivity contribution in [3.8, 4) is 0 Å². The van der Waals surface area contributed by atoms with Gasteiger partial charge < -0.3 is 5.32 Å². The molecule has 0 atom stereocenters.